The Morgan fingerprint density at radius 2 is 2.12 bits per heavy atom. The molecule has 2 N–H and O–H groups in total. The highest BCUT2D eigenvalue weighted by Crippen LogP contribution is 2.24. The first-order chi connectivity index (χ1) is 11.6. The molecular formula is C16H16ClN5OS. The molecule has 0 saturated carbocycles. The summed E-state index contributed by atoms with van der Waals surface area (Å²) in [7, 11) is 0. The Morgan fingerprint density at radius 3 is 2.92 bits per heavy atom. The minimum Gasteiger partial charge on any atom is -0.350 e. The Bertz CT molecular complexity index is 839. The zero-order valence-corrected chi connectivity index (χ0v) is 14.6. The minimum absolute atomic E-state index is 0.000129. The van der Waals surface area contributed by atoms with Crippen molar-refractivity contribution in [1.82, 2.24) is 25.3 Å². The first kappa shape index (κ1) is 16.7. The van der Waals surface area contributed by atoms with Gasteiger partial charge in [0.25, 0.3) is 0 Å². The maximum atomic E-state index is 12.1. The number of H-pyrrole nitrogens is 1. The zero-order chi connectivity index (χ0) is 16.9. The topological polar surface area (TPSA) is 83.6 Å². The Balaban J connectivity index is 1.54. The highest BCUT2D eigenvalue weighted by atomic mass is 35.5. The number of imidazole rings is 1. The number of hydrogen-bond donors (Lipinski definition) is 2. The third-order valence-electron chi connectivity index (χ3n) is 3.47. The molecule has 0 bridgehead atoms. The monoisotopic (exact) mass is 361 g/mol. The van der Waals surface area contributed by atoms with Crippen LogP contribution < -0.4 is 5.32 Å². The second-order valence-corrected chi connectivity index (χ2v) is 6.62. The molecule has 0 fully saturated rings. The van der Waals surface area contributed by atoms with Crippen LogP contribution >= 0.6 is 23.4 Å². The number of nitrogens with one attached hydrogen (secondary N) is 2. The summed E-state index contributed by atoms with van der Waals surface area (Å²) in [6.45, 7) is 1.97. The predicted molar refractivity (Wildman–Crippen MR) is 95.0 cm³/mol. The lowest BCUT2D eigenvalue weighted by Gasteiger charge is -2.14. The number of hydrogen-bond acceptors (Lipinski definition) is 5. The van der Waals surface area contributed by atoms with Crippen LogP contribution in [0.2, 0.25) is 5.28 Å². The van der Waals surface area contributed by atoms with E-state index in [0.717, 1.165) is 11.1 Å². The number of amides is 1. The fourth-order valence-electron chi connectivity index (χ4n) is 2.26. The van der Waals surface area contributed by atoms with Crippen molar-refractivity contribution in [2.75, 3.05) is 5.75 Å². The molecule has 2 heterocycles. The molecule has 0 aliphatic carbocycles. The number of nitrogens with zero attached hydrogens (tertiary/aromatic N) is 3. The van der Waals surface area contributed by atoms with E-state index >= 15 is 0 Å². The van der Waals surface area contributed by atoms with Crippen LogP contribution in [0.25, 0.3) is 11.2 Å². The Morgan fingerprint density at radius 1 is 1.33 bits per heavy atom. The van der Waals surface area contributed by atoms with Gasteiger partial charge in [0, 0.05) is 12.2 Å². The molecule has 3 aromatic rings. The lowest BCUT2D eigenvalue weighted by Crippen LogP contribution is -2.26. The molecule has 6 nitrogen and oxygen atoms in total. The molecule has 2 aromatic heterocycles. The molecule has 1 amide bonds. The summed E-state index contributed by atoms with van der Waals surface area (Å²) < 4.78 is 0. The summed E-state index contributed by atoms with van der Waals surface area (Å²) in [6, 6.07) is 9.86. The van der Waals surface area contributed by atoms with Gasteiger partial charge in [-0.2, -0.15) is 4.98 Å². The largest absolute Gasteiger partial charge is 0.350 e. The van der Waals surface area contributed by atoms with E-state index in [1.54, 1.807) is 6.33 Å². The van der Waals surface area contributed by atoms with Crippen molar-refractivity contribution in [3.8, 4) is 0 Å². The summed E-state index contributed by atoms with van der Waals surface area (Å²) in [5.41, 5.74) is 2.35. The number of halogens is 1. The molecule has 1 unspecified atom stereocenters. The van der Waals surface area contributed by atoms with E-state index in [4.69, 9.17) is 11.6 Å². The van der Waals surface area contributed by atoms with E-state index in [0.29, 0.717) is 22.8 Å². The van der Waals surface area contributed by atoms with Crippen LogP contribution in [0.3, 0.4) is 0 Å². The molecular weight excluding hydrogens is 346 g/mol. The summed E-state index contributed by atoms with van der Waals surface area (Å²) in [5, 5.41) is 3.85. The van der Waals surface area contributed by atoms with Crippen LogP contribution in [-0.2, 0) is 4.79 Å². The average Bonchev–Trinajstić information content (AvgIpc) is 3.04. The van der Waals surface area contributed by atoms with Gasteiger partial charge in [0.15, 0.2) is 5.65 Å². The van der Waals surface area contributed by atoms with Crippen LogP contribution in [0.5, 0.6) is 0 Å². The number of rotatable bonds is 6. The van der Waals surface area contributed by atoms with Crippen LogP contribution in [0.1, 0.15) is 24.9 Å². The van der Waals surface area contributed by atoms with Crippen LogP contribution in [0.4, 0.5) is 0 Å². The molecule has 1 aromatic carbocycles. The predicted octanol–water partition coefficient (Wildman–Crippen LogP) is 3.37. The third kappa shape index (κ3) is 4.04. The van der Waals surface area contributed by atoms with Gasteiger partial charge in [0.05, 0.1) is 12.4 Å². The third-order valence-corrected chi connectivity index (χ3v) is 4.62. The summed E-state index contributed by atoms with van der Waals surface area (Å²) >= 11 is 7.34. The van der Waals surface area contributed by atoms with Gasteiger partial charge in [0.1, 0.15) is 10.5 Å². The smallest absolute Gasteiger partial charge is 0.225 e. The van der Waals surface area contributed by atoms with Gasteiger partial charge in [-0.3, -0.25) is 4.79 Å². The lowest BCUT2D eigenvalue weighted by molar-refractivity contribution is -0.121. The van der Waals surface area contributed by atoms with E-state index < -0.39 is 0 Å². The van der Waals surface area contributed by atoms with Gasteiger partial charge in [0.2, 0.25) is 11.2 Å². The molecule has 8 heteroatoms. The maximum absolute atomic E-state index is 12.1. The summed E-state index contributed by atoms with van der Waals surface area (Å²) in [5.74, 6) is 0.592. The zero-order valence-electron chi connectivity index (χ0n) is 13.0. The summed E-state index contributed by atoms with van der Waals surface area (Å²) in [6.07, 6.45) is 1.94. The van der Waals surface area contributed by atoms with E-state index in [-0.39, 0.29) is 17.2 Å². The molecule has 124 valence electrons. The van der Waals surface area contributed by atoms with Gasteiger partial charge in [-0.05, 0) is 24.1 Å². The number of carbonyl (C=O) groups excluding carboxylic acids is 1. The molecule has 1 atom stereocenters. The maximum Gasteiger partial charge on any atom is 0.225 e. The number of benzene rings is 1. The molecule has 24 heavy (non-hydrogen) atoms. The molecule has 3 rings (SSSR count). The van der Waals surface area contributed by atoms with Crippen molar-refractivity contribution < 1.29 is 4.79 Å². The normalized spacial score (nSPS) is 12.2. The molecule has 0 saturated heterocycles. The van der Waals surface area contributed by atoms with Gasteiger partial charge in [-0.25, -0.2) is 9.97 Å². The van der Waals surface area contributed by atoms with Crippen molar-refractivity contribution in [1.29, 1.82) is 0 Å². The molecule has 0 aliphatic heterocycles. The average molecular weight is 362 g/mol. The van der Waals surface area contributed by atoms with Gasteiger partial charge < -0.3 is 10.3 Å². The highest BCUT2D eigenvalue weighted by Gasteiger charge is 2.12. The first-order valence-electron chi connectivity index (χ1n) is 7.47. The van der Waals surface area contributed by atoms with Crippen molar-refractivity contribution in [3.63, 3.8) is 0 Å². The van der Waals surface area contributed by atoms with Crippen molar-refractivity contribution >= 4 is 40.4 Å². The SMILES string of the molecule is CC(NC(=O)CCSc1nc(Cl)nc2nc[nH]c12)c1ccccc1. The summed E-state index contributed by atoms with van der Waals surface area (Å²) in [4.78, 5) is 27.4. The van der Waals surface area contributed by atoms with E-state index in [1.165, 1.54) is 11.8 Å². The van der Waals surface area contributed by atoms with Gasteiger partial charge in [-0.15, -0.1) is 11.8 Å². The Labute approximate surface area is 148 Å². The van der Waals surface area contributed by atoms with Crippen LogP contribution in [0, 0.1) is 0 Å². The second kappa shape index (κ2) is 7.63. The fourth-order valence-corrected chi connectivity index (χ4v) is 3.41. The van der Waals surface area contributed by atoms with Crippen molar-refractivity contribution in [2.24, 2.45) is 0 Å². The lowest BCUT2D eigenvalue weighted by atomic mass is 10.1. The standard InChI is InChI=1S/C16H16ClN5OS/c1-10(11-5-3-2-4-6-11)20-12(23)7-8-24-15-13-14(19-9-18-13)21-16(17)22-15/h2-6,9-10H,7-8H2,1H3,(H,20,23)(H,18,19,21,22). The highest BCUT2D eigenvalue weighted by molar-refractivity contribution is 7.99. The number of aromatic nitrogens is 4. The number of fused-ring (bicyclic) bond motifs is 1. The number of thioether (sulfide) groups is 1. The molecule has 0 aliphatic rings. The van der Waals surface area contributed by atoms with E-state index in [9.17, 15) is 4.79 Å². The number of carbonyl (C=O) groups is 1. The molecule has 0 spiro atoms. The van der Waals surface area contributed by atoms with Crippen LogP contribution in [0.15, 0.2) is 41.7 Å². The fraction of sp³-hybridized carbons (Fsp3) is 0.250. The Hall–Kier alpha value is -2.12. The van der Waals surface area contributed by atoms with Crippen molar-refractivity contribution in [2.45, 2.75) is 24.4 Å². The second-order valence-electron chi connectivity index (χ2n) is 5.20. The van der Waals surface area contributed by atoms with Gasteiger partial charge >= 0.3 is 0 Å². The van der Waals surface area contributed by atoms with Crippen molar-refractivity contribution in [3.05, 3.63) is 47.5 Å². The van der Waals surface area contributed by atoms with Gasteiger partial charge in [-0.1, -0.05) is 30.3 Å². The first-order valence-corrected chi connectivity index (χ1v) is 8.83. The van der Waals surface area contributed by atoms with E-state index in [2.05, 4.69) is 25.3 Å². The quantitative estimate of drug-likeness (QED) is 0.399. The molecule has 0 radical (unpaired) electrons. The van der Waals surface area contributed by atoms with E-state index in [1.807, 2.05) is 37.3 Å². The Kier molecular flexibility index (Phi) is 5.32. The number of aromatic amines is 1. The minimum atomic E-state index is -0.0171. The van der Waals surface area contributed by atoms with Crippen LogP contribution in [-0.4, -0.2) is 31.6 Å².